The number of hydrogen-bond acceptors (Lipinski definition) is 4. The van der Waals surface area contributed by atoms with E-state index in [-0.39, 0.29) is 12.5 Å². The zero-order valence-electron chi connectivity index (χ0n) is 18.2. The normalized spacial score (nSPS) is 12.2. The van der Waals surface area contributed by atoms with Crippen molar-refractivity contribution in [3.63, 3.8) is 0 Å². The molecule has 0 radical (unpaired) electrons. The third-order valence-electron chi connectivity index (χ3n) is 4.76. The predicted molar refractivity (Wildman–Crippen MR) is 134 cm³/mol. The van der Waals surface area contributed by atoms with Gasteiger partial charge in [-0.1, -0.05) is 47.1 Å². The van der Waals surface area contributed by atoms with E-state index in [9.17, 15) is 18.0 Å². The number of para-hydroxylation sites is 1. The molecule has 0 aromatic heterocycles. The van der Waals surface area contributed by atoms with Crippen LogP contribution in [0.25, 0.3) is 0 Å². The van der Waals surface area contributed by atoms with Crippen LogP contribution in [0.3, 0.4) is 0 Å². The first kappa shape index (κ1) is 26.3. The number of rotatable bonds is 10. The highest BCUT2D eigenvalue weighted by atomic mass is 79.9. The lowest BCUT2D eigenvalue weighted by Gasteiger charge is -2.31. The minimum absolute atomic E-state index is 0.159. The molecule has 0 saturated carbocycles. The van der Waals surface area contributed by atoms with Gasteiger partial charge in [0.05, 0.1) is 11.9 Å². The van der Waals surface area contributed by atoms with E-state index in [1.54, 1.807) is 31.2 Å². The van der Waals surface area contributed by atoms with Gasteiger partial charge in [-0.25, -0.2) is 8.42 Å². The van der Waals surface area contributed by atoms with Gasteiger partial charge in [0.2, 0.25) is 21.8 Å². The van der Waals surface area contributed by atoms with Crippen LogP contribution in [-0.2, 0) is 26.2 Å². The molecule has 0 fully saturated rings. The summed E-state index contributed by atoms with van der Waals surface area (Å²) in [7, 11) is -3.76. The molecule has 2 aromatic carbocycles. The molecule has 0 aliphatic carbocycles. The monoisotopic (exact) mass is 587 g/mol. The Labute approximate surface area is 206 Å². The highest BCUT2D eigenvalue weighted by molar-refractivity contribution is 9.10. The van der Waals surface area contributed by atoms with Gasteiger partial charge in [-0.15, -0.1) is 0 Å². The van der Waals surface area contributed by atoms with Crippen LogP contribution in [-0.4, -0.2) is 50.5 Å². The molecule has 2 aromatic rings. The third kappa shape index (κ3) is 7.31. The zero-order chi connectivity index (χ0) is 23.9. The van der Waals surface area contributed by atoms with Crippen molar-refractivity contribution in [1.29, 1.82) is 0 Å². The Bertz CT molecular complexity index is 1060. The van der Waals surface area contributed by atoms with Crippen LogP contribution in [0.5, 0.6) is 0 Å². The van der Waals surface area contributed by atoms with Crippen molar-refractivity contribution in [3.05, 3.63) is 63.0 Å². The zero-order valence-corrected chi connectivity index (χ0v) is 22.2. The van der Waals surface area contributed by atoms with Gasteiger partial charge in [-0.2, -0.15) is 0 Å². The average Bonchev–Trinajstić information content (AvgIpc) is 2.73. The fourth-order valence-electron chi connectivity index (χ4n) is 3.06. The molecule has 0 aliphatic heterocycles. The Hall–Kier alpha value is -1.91. The standard InChI is InChI=1S/C22H27Br2N3O4S/c1-4-12-25-22(29)16(2)26(14-17-8-7-9-18(23)13-17)21(28)15-27(32(3,30)31)20-11-6-5-10-19(20)24/h5-11,13,16H,4,12,14-15H2,1-3H3,(H,25,29)/t16-/m0/s1. The van der Waals surface area contributed by atoms with Crippen LogP contribution < -0.4 is 9.62 Å². The molecular formula is C22H27Br2N3O4S. The van der Waals surface area contributed by atoms with Crippen LogP contribution in [0.1, 0.15) is 25.8 Å². The van der Waals surface area contributed by atoms with Crippen LogP contribution in [0, 0.1) is 0 Å². The van der Waals surface area contributed by atoms with Gasteiger partial charge in [0.25, 0.3) is 0 Å². The highest BCUT2D eigenvalue weighted by Gasteiger charge is 2.30. The Balaban J connectivity index is 2.38. The molecule has 0 bridgehead atoms. The number of carbonyl (C=O) groups excluding carboxylic acids is 2. The van der Waals surface area contributed by atoms with Crippen LogP contribution in [0.4, 0.5) is 5.69 Å². The second kappa shape index (κ2) is 11.8. The molecule has 32 heavy (non-hydrogen) atoms. The van der Waals surface area contributed by atoms with E-state index in [1.165, 1.54) is 4.90 Å². The van der Waals surface area contributed by atoms with Crippen molar-refractivity contribution in [1.82, 2.24) is 10.2 Å². The Morgan fingerprint density at radius 2 is 1.78 bits per heavy atom. The van der Waals surface area contributed by atoms with Gasteiger partial charge in [0, 0.05) is 22.0 Å². The van der Waals surface area contributed by atoms with Crippen molar-refractivity contribution < 1.29 is 18.0 Å². The third-order valence-corrected chi connectivity index (χ3v) is 7.05. The lowest BCUT2D eigenvalue weighted by molar-refractivity contribution is -0.139. The summed E-state index contributed by atoms with van der Waals surface area (Å²) in [6, 6.07) is 13.4. The van der Waals surface area contributed by atoms with E-state index in [2.05, 4.69) is 37.2 Å². The molecule has 2 rings (SSSR count). The van der Waals surface area contributed by atoms with Gasteiger partial charge >= 0.3 is 0 Å². The first-order chi connectivity index (χ1) is 15.0. The maximum atomic E-state index is 13.4. The van der Waals surface area contributed by atoms with Crippen molar-refractivity contribution in [2.24, 2.45) is 0 Å². The highest BCUT2D eigenvalue weighted by Crippen LogP contribution is 2.28. The summed E-state index contributed by atoms with van der Waals surface area (Å²) < 4.78 is 27.5. The summed E-state index contributed by atoms with van der Waals surface area (Å²) in [5.74, 6) is -0.771. The van der Waals surface area contributed by atoms with Crippen molar-refractivity contribution >= 4 is 59.4 Å². The molecule has 1 N–H and O–H groups in total. The van der Waals surface area contributed by atoms with E-state index in [0.717, 1.165) is 27.0 Å². The van der Waals surface area contributed by atoms with Crippen molar-refractivity contribution in [3.8, 4) is 0 Å². The van der Waals surface area contributed by atoms with Gasteiger partial charge in [-0.05, 0) is 59.1 Å². The number of hydrogen-bond donors (Lipinski definition) is 1. The van der Waals surface area contributed by atoms with Gasteiger partial charge in [0.15, 0.2) is 0 Å². The average molecular weight is 589 g/mol. The van der Waals surface area contributed by atoms with Crippen LogP contribution in [0.15, 0.2) is 57.5 Å². The summed E-state index contributed by atoms with van der Waals surface area (Å²) in [6.07, 6.45) is 1.82. The molecule has 0 unspecified atom stereocenters. The molecule has 2 amide bonds. The summed E-state index contributed by atoms with van der Waals surface area (Å²) in [6.45, 7) is 3.81. The number of nitrogens with one attached hydrogen (secondary N) is 1. The Morgan fingerprint density at radius 1 is 1.09 bits per heavy atom. The SMILES string of the molecule is CCCNC(=O)[C@H](C)N(Cc1cccc(Br)c1)C(=O)CN(c1ccccc1Br)S(C)(=O)=O. The van der Waals surface area contributed by atoms with Crippen molar-refractivity contribution in [2.45, 2.75) is 32.9 Å². The minimum atomic E-state index is -3.76. The molecule has 7 nitrogen and oxygen atoms in total. The number of amides is 2. The number of halogens is 2. The van der Waals surface area contributed by atoms with Gasteiger partial charge in [0.1, 0.15) is 12.6 Å². The number of anilines is 1. The molecule has 0 saturated heterocycles. The lowest BCUT2D eigenvalue weighted by atomic mass is 10.1. The topological polar surface area (TPSA) is 86.8 Å². The second-order valence-electron chi connectivity index (χ2n) is 7.34. The Kier molecular flexibility index (Phi) is 9.72. The number of nitrogens with zero attached hydrogens (tertiary/aromatic N) is 2. The smallest absolute Gasteiger partial charge is 0.244 e. The lowest BCUT2D eigenvalue weighted by Crippen LogP contribution is -2.51. The maximum Gasteiger partial charge on any atom is 0.244 e. The molecule has 0 aliphatic rings. The quantitative estimate of drug-likeness (QED) is 0.456. The summed E-state index contributed by atoms with van der Waals surface area (Å²) in [5.41, 5.74) is 1.17. The molecular weight excluding hydrogens is 562 g/mol. The molecule has 174 valence electrons. The van der Waals surface area contributed by atoms with E-state index >= 15 is 0 Å². The molecule has 10 heteroatoms. The van der Waals surface area contributed by atoms with E-state index in [1.807, 2.05) is 31.2 Å². The number of sulfonamides is 1. The largest absolute Gasteiger partial charge is 0.354 e. The van der Waals surface area contributed by atoms with E-state index in [4.69, 9.17) is 0 Å². The fourth-order valence-corrected chi connectivity index (χ4v) is 4.98. The first-order valence-corrected chi connectivity index (χ1v) is 13.5. The molecule has 0 heterocycles. The maximum absolute atomic E-state index is 13.4. The predicted octanol–water partition coefficient (Wildman–Crippen LogP) is 3.92. The van der Waals surface area contributed by atoms with E-state index in [0.29, 0.717) is 16.7 Å². The van der Waals surface area contributed by atoms with Crippen LogP contribution >= 0.6 is 31.9 Å². The Morgan fingerprint density at radius 3 is 2.38 bits per heavy atom. The number of carbonyl (C=O) groups is 2. The first-order valence-electron chi connectivity index (χ1n) is 10.1. The summed E-state index contributed by atoms with van der Waals surface area (Å²) in [4.78, 5) is 27.5. The minimum Gasteiger partial charge on any atom is -0.354 e. The van der Waals surface area contributed by atoms with Gasteiger partial charge in [-0.3, -0.25) is 13.9 Å². The summed E-state index contributed by atoms with van der Waals surface area (Å²) >= 11 is 6.78. The number of benzene rings is 2. The van der Waals surface area contributed by atoms with Gasteiger partial charge < -0.3 is 10.2 Å². The molecule has 1 atom stereocenters. The van der Waals surface area contributed by atoms with Crippen molar-refractivity contribution in [2.75, 3.05) is 23.7 Å². The fraction of sp³-hybridized carbons (Fsp3) is 0.364. The molecule has 0 spiro atoms. The van der Waals surface area contributed by atoms with E-state index < -0.39 is 28.5 Å². The van der Waals surface area contributed by atoms with Crippen LogP contribution in [0.2, 0.25) is 0 Å². The summed E-state index contributed by atoms with van der Waals surface area (Å²) in [5, 5.41) is 2.81. The second-order valence-corrected chi connectivity index (χ2v) is 11.0.